The molecule has 146 valence electrons. The summed E-state index contributed by atoms with van der Waals surface area (Å²) in [6.07, 6.45) is 0.455. The summed E-state index contributed by atoms with van der Waals surface area (Å²) >= 11 is 5.94. The second-order valence-electron chi connectivity index (χ2n) is 6.07. The molecule has 0 aliphatic heterocycles. The number of fused-ring (bicyclic) bond motifs is 1. The summed E-state index contributed by atoms with van der Waals surface area (Å²) in [5.41, 5.74) is 0.672. The SMILES string of the molecule is CCOC(=O)c1ccc(OCC(O)Cn2cnc3ccc(Cl)cc3c2=O)cc1. The first-order chi connectivity index (χ1) is 13.5. The molecule has 0 radical (unpaired) electrons. The Labute approximate surface area is 166 Å². The molecule has 1 aromatic heterocycles. The molecule has 8 heteroatoms. The van der Waals surface area contributed by atoms with Gasteiger partial charge >= 0.3 is 5.97 Å². The third-order valence-electron chi connectivity index (χ3n) is 4.00. The van der Waals surface area contributed by atoms with Crippen molar-refractivity contribution >= 4 is 28.5 Å². The average Bonchev–Trinajstić information content (AvgIpc) is 2.69. The Balaban J connectivity index is 1.62. The van der Waals surface area contributed by atoms with Crippen LogP contribution in [-0.4, -0.2) is 39.9 Å². The third kappa shape index (κ3) is 4.68. The first-order valence-electron chi connectivity index (χ1n) is 8.70. The number of rotatable bonds is 7. The Bertz CT molecular complexity index is 1030. The molecule has 0 aliphatic carbocycles. The third-order valence-corrected chi connectivity index (χ3v) is 4.24. The highest BCUT2D eigenvalue weighted by Crippen LogP contribution is 2.15. The number of carbonyl (C=O) groups excluding carboxylic acids is 1. The van der Waals surface area contributed by atoms with Gasteiger partial charge in [-0.3, -0.25) is 9.36 Å². The van der Waals surface area contributed by atoms with Gasteiger partial charge in [0.15, 0.2) is 0 Å². The predicted molar refractivity (Wildman–Crippen MR) is 105 cm³/mol. The van der Waals surface area contributed by atoms with Crippen LogP contribution >= 0.6 is 11.6 Å². The smallest absolute Gasteiger partial charge is 0.338 e. The van der Waals surface area contributed by atoms with Crippen LogP contribution in [0.1, 0.15) is 17.3 Å². The van der Waals surface area contributed by atoms with E-state index in [4.69, 9.17) is 21.1 Å². The lowest BCUT2D eigenvalue weighted by Crippen LogP contribution is -2.30. The standard InChI is InChI=1S/C20H19ClN2O5/c1-2-27-20(26)13-3-6-16(7-4-13)28-11-15(24)10-23-12-22-18-8-5-14(21)9-17(18)19(23)25/h3-9,12,15,24H,2,10-11H2,1H3. The van der Waals surface area contributed by atoms with Gasteiger partial charge in [-0.2, -0.15) is 0 Å². The fourth-order valence-corrected chi connectivity index (χ4v) is 2.81. The lowest BCUT2D eigenvalue weighted by atomic mass is 10.2. The van der Waals surface area contributed by atoms with Crippen molar-refractivity contribution in [2.24, 2.45) is 0 Å². The van der Waals surface area contributed by atoms with E-state index in [1.54, 1.807) is 49.4 Å². The van der Waals surface area contributed by atoms with Crippen molar-refractivity contribution in [2.75, 3.05) is 13.2 Å². The van der Waals surface area contributed by atoms with Gasteiger partial charge in [-0.05, 0) is 49.4 Å². The Morgan fingerprint density at radius 1 is 1.25 bits per heavy atom. The van der Waals surface area contributed by atoms with Crippen molar-refractivity contribution in [3.8, 4) is 5.75 Å². The zero-order valence-corrected chi connectivity index (χ0v) is 15.9. The van der Waals surface area contributed by atoms with Crippen LogP contribution in [0.25, 0.3) is 10.9 Å². The van der Waals surface area contributed by atoms with E-state index in [0.717, 1.165) is 0 Å². The fraction of sp³-hybridized carbons (Fsp3) is 0.250. The largest absolute Gasteiger partial charge is 0.491 e. The number of hydrogen-bond acceptors (Lipinski definition) is 6. The monoisotopic (exact) mass is 402 g/mol. The molecule has 1 heterocycles. The molecule has 0 fully saturated rings. The van der Waals surface area contributed by atoms with Crippen LogP contribution in [0.2, 0.25) is 5.02 Å². The molecule has 0 saturated heterocycles. The van der Waals surface area contributed by atoms with Gasteiger partial charge in [0.1, 0.15) is 18.5 Å². The molecule has 3 rings (SSSR count). The minimum absolute atomic E-state index is 0.0230. The van der Waals surface area contributed by atoms with Crippen molar-refractivity contribution in [2.45, 2.75) is 19.6 Å². The van der Waals surface area contributed by atoms with Crippen molar-refractivity contribution in [1.29, 1.82) is 0 Å². The minimum Gasteiger partial charge on any atom is -0.491 e. The zero-order valence-electron chi connectivity index (χ0n) is 15.2. The summed E-state index contributed by atoms with van der Waals surface area (Å²) in [6, 6.07) is 11.3. The first-order valence-corrected chi connectivity index (χ1v) is 9.08. The number of carbonyl (C=O) groups is 1. The van der Waals surface area contributed by atoms with Crippen LogP contribution in [0.15, 0.2) is 53.6 Å². The van der Waals surface area contributed by atoms with Gasteiger partial charge in [0.25, 0.3) is 5.56 Å². The normalized spacial score (nSPS) is 12.0. The van der Waals surface area contributed by atoms with E-state index in [9.17, 15) is 14.7 Å². The highest BCUT2D eigenvalue weighted by Gasteiger charge is 2.11. The van der Waals surface area contributed by atoms with E-state index in [1.807, 2.05) is 0 Å². The second-order valence-corrected chi connectivity index (χ2v) is 6.51. The van der Waals surface area contributed by atoms with Gasteiger partial charge in [0.05, 0.1) is 35.9 Å². The number of hydrogen-bond donors (Lipinski definition) is 1. The first kappa shape index (κ1) is 19.9. The number of aliphatic hydroxyl groups is 1. The molecule has 1 unspecified atom stereocenters. The van der Waals surface area contributed by atoms with Crippen LogP contribution < -0.4 is 10.3 Å². The fourth-order valence-electron chi connectivity index (χ4n) is 2.64. The Morgan fingerprint density at radius 3 is 2.71 bits per heavy atom. The molecule has 0 saturated carbocycles. The van der Waals surface area contributed by atoms with E-state index in [-0.39, 0.29) is 18.7 Å². The van der Waals surface area contributed by atoms with E-state index in [2.05, 4.69) is 4.98 Å². The number of ether oxygens (including phenoxy) is 2. The highest BCUT2D eigenvalue weighted by molar-refractivity contribution is 6.31. The molecule has 0 spiro atoms. The van der Waals surface area contributed by atoms with Crippen LogP contribution in [0.4, 0.5) is 0 Å². The maximum atomic E-state index is 12.5. The Hall–Kier alpha value is -2.90. The molecular formula is C20H19ClN2O5. The molecule has 7 nitrogen and oxygen atoms in total. The lowest BCUT2D eigenvalue weighted by Gasteiger charge is -2.14. The van der Waals surface area contributed by atoms with Crippen LogP contribution in [0.3, 0.4) is 0 Å². The van der Waals surface area contributed by atoms with Crippen LogP contribution in [0.5, 0.6) is 5.75 Å². The molecule has 1 N–H and O–H groups in total. The quantitative estimate of drug-likeness (QED) is 0.611. The summed E-state index contributed by atoms with van der Waals surface area (Å²) in [4.78, 5) is 28.3. The molecule has 2 aromatic carbocycles. The zero-order chi connectivity index (χ0) is 20.1. The van der Waals surface area contributed by atoms with Gasteiger partial charge in [-0.25, -0.2) is 9.78 Å². The number of esters is 1. The number of aliphatic hydroxyl groups excluding tert-OH is 1. The van der Waals surface area contributed by atoms with Gasteiger partial charge in [-0.15, -0.1) is 0 Å². The van der Waals surface area contributed by atoms with Gasteiger partial charge in [-0.1, -0.05) is 11.6 Å². The predicted octanol–water partition coefficient (Wildman–Crippen LogP) is 2.67. The van der Waals surface area contributed by atoms with Gasteiger partial charge in [0, 0.05) is 5.02 Å². The molecule has 1 atom stereocenters. The molecule has 0 amide bonds. The van der Waals surface area contributed by atoms with Crippen LogP contribution in [0, 0.1) is 0 Å². The van der Waals surface area contributed by atoms with E-state index < -0.39 is 12.1 Å². The molecule has 0 aliphatic rings. The summed E-state index contributed by atoms with van der Waals surface area (Å²) in [7, 11) is 0. The summed E-state index contributed by atoms with van der Waals surface area (Å²) in [5.74, 6) is 0.0835. The van der Waals surface area contributed by atoms with Crippen molar-refractivity contribution in [1.82, 2.24) is 9.55 Å². The van der Waals surface area contributed by atoms with Crippen molar-refractivity contribution in [3.63, 3.8) is 0 Å². The summed E-state index contributed by atoms with van der Waals surface area (Å²) in [5, 5.41) is 11.0. The summed E-state index contributed by atoms with van der Waals surface area (Å²) < 4.78 is 11.8. The van der Waals surface area contributed by atoms with Gasteiger partial charge in [0.2, 0.25) is 0 Å². The molecular weight excluding hydrogens is 384 g/mol. The average molecular weight is 403 g/mol. The second kappa shape index (κ2) is 8.86. The van der Waals surface area contributed by atoms with E-state index in [1.165, 1.54) is 10.9 Å². The Morgan fingerprint density at radius 2 is 2.00 bits per heavy atom. The topological polar surface area (TPSA) is 90.7 Å². The van der Waals surface area contributed by atoms with Crippen LogP contribution in [-0.2, 0) is 11.3 Å². The number of nitrogens with zero attached hydrogens (tertiary/aromatic N) is 2. The molecule has 3 aromatic rings. The maximum absolute atomic E-state index is 12.5. The lowest BCUT2D eigenvalue weighted by molar-refractivity contribution is 0.0526. The summed E-state index contributed by atoms with van der Waals surface area (Å²) in [6.45, 7) is 2.04. The van der Waals surface area contributed by atoms with Crippen molar-refractivity contribution < 1.29 is 19.4 Å². The van der Waals surface area contributed by atoms with Gasteiger partial charge < -0.3 is 14.6 Å². The number of benzene rings is 2. The molecule has 0 bridgehead atoms. The van der Waals surface area contributed by atoms with Crippen molar-refractivity contribution in [3.05, 3.63) is 69.7 Å². The maximum Gasteiger partial charge on any atom is 0.338 e. The Kier molecular flexibility index (Phi) is 6.28. The highest BCUT2D eigenvalue weighted by atomic mass is 35.5. The van der Waals surface area contributed by atoms with E-state index in [0.29, 0.717) is 33.8 Å². The number of aromatic nitrogens is 2. The molecule has 28 heavy (non-hydrogen) atoms. The minimum atomic E-state index is -0.930. The number of halogens is 1. The van der Waals surface area contributed by atoms with E-state index >= 15 is 0 Å².